The molecule has 1 saturated carbocycles. The summed E-state index contributed by atoms with van der Waals surface area (Å²) in [6.07, 6.45) is 6.93. The standard InChI is InChI=1S/C19H23N5O3/c1-13-21-17(27-22-13)16-12-23(18(25)14-5-2-6-14)9-4-10-24(16)19(26)15-7-3-8-20-11-15/h3,7-8,11,14,16H,2,4-6,9-10,12H2,1H3. The van der Waals surface area contributed by atoms with E-state index in [1.165, 1.54) is 0 Å². The Morgan fingerprint density at radius 3 is 2.70 bits per heavy atom. The van der Waals surface area contributed by atoms with Crippen LogP contribution in [0.15, 0.2) is 29.0 Å². The Hall–Kier alpha value is -2.77. The first kappa shape index (κ1) is 17.6. The Kier molecular flexibility index (Phi) is 4.87. The zero-order valence-corrected chi connectivity index (χ0v) is 15.4. The van der Waals surface area contributed by atoms with Gasteiger partial charge >= 0.3 is 0 Å². The number of aromatic nitrogens is 3. The molecule has 8 heteroatoms. The van der Waals surface area contributed by atoms with E-state index in [1.54, 1.807) is 36.4 Å². The van der Waals surface area contributed by atoms with Crippen LogP contribution in [0.25, 0.3) is 0 Å². The summed E-state index contributed by atoms with van der Waals surface area (Å²) in [5.41, 5.74) is 0.512. The Labute approximate surface area is 157 Å². The van der Waals surface area contributed by atoms with Crippen LogP contribution in [0.2, 0.25) is 0 Å². The first-order valence-corrected chi connectivity index (χ1v) is 9.43. The lowest BCUT2D eigenvalue weighted by atomic mass is 9.84. The molecule has 0 N–H and O–H groups in total. The van der Waals surface area contributed by atoms with E-state index in [2.05, 4.69) is 15.1 Å². The van der Waals surface area contributed by atoms with Crippen LogP contribution in [0, 0.1) is 12.8 Å². The molecule has 0 bridgehead atoms. The van der Waals surface area contributed by atoms with Crippen LogP contribution in [0.4, 0.5) is 0 Å². The monoisotopic (exact) mass is 369 g/mol. The summed E-state index contributed by atoms with van der Waals surface area (Å²) in [6, 6.07) is 3.03. The average Bonchev–Trinajstić information content (AvgIpc) is 2.94. The van der Waals surface area contributed by atoms with Gasteiger partial charge in [0.05, 0.1) is 12.1 Å². The lowest BCUT2D eigenvalue weighted by Gasteiger charge is -2.33. The van der Waals surface area contributed by atoms with Crippen LogP contribution in [0.5, 0.6) is 0 Å². The fourth-order valence-electron chi connectivity index (χ4n) is 3.66. The molecule has 8 nitrogen and oxygen atoms in total. The molecule has 1 aliphatic carbocycles. The van der Waals surface area contributed by atoms with E-state index in [4.69, 9.17) is 4.52 Å². The second-order valence-electron chi connectivity index (χ2n) is 7.20. The van der Waals surface area contributed by atoms with Crippen molar-refractivity contribution >= 4 is 11.8 Å². The van der Waals surface area contributed by atoms with Gasteiger partial charge in [-0.3, -0.25) is 14.6 Å². The predicted molar refractivity (Wildman–Crippen MR) is 95.6 cm³/mol. The van der Waals surface area contributed by atoms with E-state index in [-0.39, 0.29) is 17.7 Å². The summed E-state index contributed by atoms with van der Waals surface area (Å²) < 4.78 is 5.40. The van der Waals surface area contributed by atoms with Crippen molar-refractivity contribution in [3.8, 4) is 0 Å². The van der Waals surface area contributed by atoms with Crippen LogP contribution >= 0.6 is 0 Å². The molecular weight excluding hydrogens is 346 g/mol. The highest BCUT2D eigenvalue weighted by Crippen LogP contribution is 2.31. The van der Waals surface area contributed by atoms with E-state index in [9.17, 15) is 9.59 Å². The van der Waals surface area contributed by atoms with Crippen LogP contribution in [-0.2, 0) is 4.79 Å². The van der Waals surface area contributed by atoms with Crippen LogP contribution in [-0.4, -0.2) is 56.4 Å². The van der Waals surface area contributed by atoms with E-state index in [0.717, 1.165) is 19.3 Å². The third kappa shape index (κ3) is 3.56. The third-order valence-electron chi connectivity index (χ3n) is 5.36. The fraction of sp³-hybridized carbons (Fsp3) is 0.526. The molecule has 1 aliphatic heterocycles. The second kappa shape index (κ2) is 7.46. The average molecular weight is 369 g/mol. The molecule has 2 aliphatic rings. The molecule has 1 atom stereocenters. The minimum Gasteiger partial charge on any atom is -0.340 e. The van der Waals surface area contributed by atoms with Gasteiger partial charge in [-0.1, -0.05) is 11.6 Å². The van der Waals surface area contributed by atoms with Gasteiger partial charge < -0.3 is 14.3 Å². The largest absolute Gasteiger partial charge is 0.340 e. The number of rotatable bonds is 3. The Morgan fingerprint density at radius 2 is 2.07 bits per heavy atom. The van der Waals surface area contributed by atoms with Gasteiger partial charge in [-0.15, -0.1) is 0 Å². The summed E-state index contributed by atoms with van der Waals surface area (Å²) in [5.74, 6) is 1.05. The number of carbonyl (C=O) groups excluding carboxylic acids is 2. The molecule has 3 heterocycles. The maximum absolute atomic E-state index is 13.1. The highest BCUT2D eigenvalue weighted by atomic mass is 16.5. The molecule has 2 aromatic rings. The van der Waals surface area contributed by atoms with Gasteiger partial charge in [-0.05, 0) is 38.3 Å². The maximum Gasteiger partial charge on any atom is 0.256 e. The lowest BCUT2D eigenvalue weighted by Crippen LogP contribution is -2.43. The lowest BCUT2D eigenvalue weighted by molar-refractivity contribution is -0.138. The van der Waals surface area contributed by atoms with E-state index in [0.29, 0.717) is 43.3 Å². The van der Waals surface area contributed by atoms with E-state index in [1.807, 2.05) is 4.90 Å². The first-order valence-electron chi connectivity index (χ1n) is 9.43. The quantitative estimate of drug-likeness (QED) is 0.821. The molecule has 2 fully saturated rings. The Bertz CT molecular complexity index is 818. The van der Waals surface area contributed by atoms with Crippen LogP contribution in [0.3, 0.4) is 0 Å². The third-order valence-corrected chi connectivity index (χ3v) is 5.36. The SMILES string of the molecule is Cc1noc(C2CN(C(=O)C3CCC3)CCCN2C(=O)c2cccnc2)n1. The normalized spacial score (nSPS) is 20.9. The Balaban J connectivity index is 1.63. The van der Waals surface area contributed by atoms with Crippen LogP contribution in [0.1, 0.15) is 53.8 Å². The molecule has 2 aromatic heterocycles. The Morgan fingerprint density at radius 1 is 1.22 bits per heavy atom. The van der Waals surface area contributed by atoms with Crippen molar-refractivity contribution in [3.63, 3.8) is 0 Å². The van der Waals surface area contributed by atoms with Gasteiger partial charge in [0.25, 0.3) is 11.8 Å². The molecule has 0 aromatic carbocycles. The highest BCUT2D eigenvalue weighted by molar-refractivity contribution is 5.94. The minimum absolute atomic E-state index is 0.121. The second-order valence-corrected chi connectivity index (χ2v) is 7.20. The zero-order valence-electron chi connectivity index (χ0n) is 15.4. The summed E-state index contributed by atoms with van der Waals surface area (Å²) >= 11 is 0. The molecule has 0 radical (unpaired) electrons. The molecule has 2 amide bonds. The van der Waals surface area contributed by atoms with Gasteiger partial charge in [-0.25, -0.2) is 0 Å². The number of nitrogens with zero attached hydrogens (tertiary/aromatic N) is 5. The van der Waals surface area contributed by atoms with Crippen molar-refractivity contribution < 1.29 is 14.1 Å². The summed E-state index contributed by atoms with van der Waals surface area (Å²) in [7, 11) is 0. The molecule has 142 valence electrons. The molecule has 27 heavy (non-hydrogen) atoms. The number of pyridine rings is 1. The minimum atomic E-state index is -0.453. The number of hydrogen-bond acceptors (Lipinski definition) is 6. The van der Waals surface area contributed by atoms with Crippen molar-refractivity contribution in [1.82, 2.24) is 24.9 Å². The maximum atomic E-state index is 13.1. The smallest absolute Gasteiger partial charge is 0.256 e. The zero-order chi connectivity index (χ0) is 18.8. The molecule has 1 saturated heterocycles. The van der Waals surface area contributed by atoms with Crippen molar-refractivity contribution in [2.75, 3.05) is 19.6 Å². The van der Waals surface area contributed by atoms with Gasteiger partial charge in [0, 0.05) is 31.4 Å². The number of hydrogen-bond donors (Lipinski definition) is 0. The van der Waals surface area contributed by atoms with Crippen molar-refractivity contribution in [3.05, 3.63) is 41.8 Å². The summed E-state index contributed by atoms with van der Waals surface area (Å²) in [6.45, 7) is 3.28. The molecule has 0 spiro atoms. The highest BCUT2D eigenvalue weighted by Gasteiger charge is 2.38. The molecule has 1 unspecified atom stereocenters. The number of aryl methyl sites for hydroxylation is 1. The predicted octanol–water partition coefficient (Wildman–Crippen LogP) is 1.99. The number of carbonyl (C=O) groups is 2. The van der Waals surface area contributed by atoms with Gasteiger partial charge in [0.15, 0.2) is 5.82 Å². The summed E-state index contributed by atoms with van der Waals surface area (Å²) in [5, 5.41) is 3.88. The first-order chi connectivity index (χ1) is 13.1. The van der Waals surface area contributed by atoms with E-state index < -0.39 is 6.04 Å². The number of amides is 2. The van der Waals surface area contributed by atoms with Crippen molar-refractivity contribution in [2.45, 2.75) is 38.6 Å². The molecule has 4 rings (SSSR count). The van der Waals surface area contributed by atoms with Gasteiger partial charge in [0.1, 0.15) is 6.04 Å². The van der Waals surface area contributed by atoms with E-state index >= 15 is 0 Å². The van der Waals surface area contributed by atoms with Gasteiger partial charge in [0.2, 0.25) is 5.91 Å². The van der Waals surface area contributed by atoms with Crippen molar-refractivity contribution in [2.24, 2.45) is 5.92 Å². The van der Waals surface area contributed by atoms with Crippen molar-refractivity contribution in [1.29, 1.82) is 0 Å². The molecular formula is C19H23N5O3. The topological polar surface area (TPSA) is 92.4 Å². The summed E-state index contributed by atoms with van der Waals surface area (Å²) in [4.78, 5) is 37.9. The fourth-order valence-corrected chi connectivity index (χ4v) is 3.66. The van der Waals surface area contributed by atoms with Crippen LogP contribution < -0.4 is 0 Å². The van der Waals surface area contributed by atoms with Gasteiger partial charge in [-0.2, -0.15) is 4.98 Å².